The molecule has 0 aromatic heterocycles. The maximum absolute atomic E-state index is 14.5. The molecular formula is C36H40FN3O4S. The molecule has 0 bridgehead atoms. The van der Waals surface area contributed by atoms with Crippen molar-refractivity contribution in [1.29, 1.82) is 0 Å². The van der Waals surface area contributed by atoms with Crippen LogP contribution in [-0.4, -0.2) is 44.3 Å². The van der Waals surface area contributed by atoms with E-state index in [1.165, 1.54) is 29.2 Å². The molecule has 1 atom stereocenters. The van der Waals surface area contributed by atoms with E-state index >= 15 is 0 Å². The molecule has 0 aliphatic rings. The molecule has 2 amide bonds. The molecule has 0 aliphatic heterocycles. The van der Waals surface area contributed by atoms with Gasteiger partial charge >= 0.3 is 0 Å². The lowest BCUT2D eigenvalue weighted by molar-refractivity contribution is -0.140. The van der Waals surface area contributed by atoms with Gasteiger partial charge in [-0.2, -0.15) is 0 Å². The van der Waals surface area contributed by atoms with Crippen molar-refractivity contribution in [2.45, 2.75) is 57.5 Å². The second-order valence-corrected chi connectivity index (χ2v) is 13.0. The quantitative estimate of drug-likeness (QED) is 0.169. The van der Waals surface area contributed by atoms with Gasteiger partial charge < -0.3 is 10.2 Å². The number of unbranched alkanes of at least 4 members (excludes halogenated alkanes) is 1. The van der Waals surface area contributed by atoms with Crippen LogP contribution in [0.3, 0.4) is 0 Å². The summed E-state index contributed by atoms with van der Waals surface area (Å²) in [6, 6.07) is 27.5. The number of halogens is 1. The van der Waals surface area contributed by atoms with Gasteiger partial charge in [0, 0.05) is 19.5 Å². The molecular weight excluding hydrogens is 589 g/mol. The summed E-state index contributed by atoms with van der Waals surface area (Å²) in [7, 11) is -4.18. The Morgan fingerprint density at radius 2 is 1.49 bits per heavy atom. The number of hydrogen-bond donors (Lipinski definition) is 1. The van der Waals surface area contributed by atoms with E-state index < -0.39 is 34.3 Å². The zero-order valence-electron chi connectivity index (χ0n) is 25.9. The van der Waals surface area contributed by atoms with Crippen molar-refractivity contribution in [2.75, 3.05) is 17.4 Å². The Labute approximate surface area is 265 Å². The minimum absolute atomic E-state index is 0.0239. The average molecular weight is 630 g/mol. The molecule has 45 heavy (non-hydrogen) atoms. The predicted octanol–water partition coefficient (Wildman–Crippen LogP) is 6.19. The standard InChI is InChI=1S/C36H40FN3O4S/c1-4-5-22-38-36(42)34(24-29-12-8-6-9-13-29)39(25-30-17-19-31(37)20-18-30)35(41)26-40(33-21-16-27(2)23-28(33)3)45(43,44)32-14-10-7-11-15-32/h6-21,23,34H,4-5,22,24-26H2,1-3H3,(H,38,42)/t34-/m0/s1. The summed E-state index contributed by atoms with van der Waals surface area (Å²) in [6.45, 7) is 5.60. The average Bonchev–Trinajstić information content (AvgIpc) is 3.03. The summed E-state index contributed by atoms with van der Waals surface area (Å²) in [4.78, 5) is 29.7. The first kappa shape index (κ1) is 33.4. The minimum atomic E-state index is -4.18. The highest BCUT2D eigenvalue weighted by molar-refractivity contribution is 7.92. The van der Waals surface area contributed by atoms with Crippen LogP contribution < -0.4 is 9.62 Å². The smallest absolute Gasteiger partial charge is 0.264 e. The summed E-state index contributed by atoms with van der Waals surface area (Å²) >= 11 is 0. The van der Waals surface area contributed by atoms with Crippen molar-refractivity contribution < 1.29 is 22.4 Å². The number of nitrogens with zero attached hydrogens (tertiary/aromatic N) is 2. The molecule has 4 aromatic carbocycles. The normalized spacial score (nSPS) is 11.9. The second-order valence-electron chi connectivity index (χ2n) is 11.1. The maximum Gasteiger partial charge on any atom is 0.264 e. The van der Waals surface area contributed by atoms with Crippen LogP contribution >= 0.6 is 0 Å². The van der Waals surface area contributed by atoms with Crippen LogP contribution in [-0.2, 0) is 32.6 Å². The van der Waals surface area contributed by atoms with E-state index in [1.807, 2.05) is 50.2 Å². The molecule has 4 rings (SSSR count). The number of nitrogens with one attached hydrogen (secondary N) is 1. The molecule has 0 fully saturated rings. The third-order valence-electron chi connectivity index (χ3n) is 7.60. The van der Waals surface area contributed by atoms with E-state index in [2.05, 4.69) is 5.32 Å². The number of hydrogen-bond acceptors (Lipinski definition) is 4. The molecule has 0 unspecified atom stereocenters. The Kier molecular flexibility index (Phi) is 11.5. The van der Waals surface area contributed by atoms with E-state index in [4.69, 9.17) is 0 Å². The highest BCUT2D eigenvalue weighted by atomic mass is 32.2. The van der Waals surface area contributed by atoms with E-state index in [-0.39, 0.29) is 23.8 Å². The van der Waals surface area contributed by atoms with Crippen LogP contribution in [0.4, 0.5) is 10.1 Å². The van der Waals surface area contributed by atoms with Crippen LogP contribution in [0.2, 0.25) is 0 Å². The SMILES string of the molecule is CCCCNC(=O)[C@H](Cc1ccccc1)N(Cc1ccc(F)cc1)C(=O)CN(c1ccc(C)cc1C)S(=O)(=O)c1ccccc1. The lowest BCUT2D eigenvalue weighted by Gasteiger charge is -2.34. The summed E-state index contributed by atoms with van der Waals surface area (Å²) in [6.07, 6.45) is 1.86. The van der Waals surface area contributed by atoms with Gasteiger partial charge in [-0.25, -0.2) is 12.8 Å². The first-order valence-corrected chi connectivity index (χ1v) is 16.5. The van der Waals surface area contributed by atoms with Crippen molar-refractivity contribution in [3.63, 3.8) is 0 Å². The van der Waals surface area contributed by atoms with Gasteiger partial charge in [0.05, 0.1) is 10.6 Å². The van der Waals surface area contributed by atoms with E-state index in [1.54, 1.807) is 49.4 Å². The number of sulfonamides is 1. The van der Waals surface area contributed by atoms with Crippen LogP contribution in [0, 0.1) is 19.7 Å². The van der Waals surface area contributed by atoms with Crippen molar-refractivity contribution in [1.82, 2.24) is 10.2 Å². The summed E-state index contributed by atoms with van der Waals surface area (Å²) < 4.78 is 43.2. The first-order valence-electron chi connectivity index (χ1n) is 15.1. The highest BCUT2D eigenvalue weighted by Gasteiger charge is 2.35. The Balaban J connectivity index is 1.80. The molecule has 0 saturated heterocycles. The number of carbonyl (C=O) groups is 2. The van der Waals surface area contributed by atoms with Crippen molar-refractivity contribution in [2.24, 2.45) is 0 Å². The van der Waals surface area contributed by atoms with Crippen LogP contribution in [0.5, 0.6) is 0 Å². The van der Waals surface area contributed by atoms with Gasteiger partial charge in [0.25, 0.3) is 10.0 Å². The molecule has 0 radical (unpaired) electrons. The molecule has 236 valence electrons. The zero-order valence-corrected chi connectivity index (χ0v) is 26.8. The number of rotatable bonds is 14. The monoisotopic (exact) mass is 629 g/mol. The molecule has 0 saturated carbocycles. The fraction of sp³-hybridized carbons (Fsp3) is 0.278. The fourth-order valence-electron chi connectivity index (χ4n) is 5.16. The van der Waals surface area contributed by atoms with E-state index in [9.17, 15) is 22.4 Å². The Morgan fingerprint density at radius 1 is 0.844 bits per heavy atom. The summed E-state index contributed by atoms with van der Waals surface area (Å²) in [5.74, 6) is -1.33. The van der Waals surface area contributed by atoms with E-state index in [0.717, 1.165) is 28.3 Å². The van der Waals surface area contributed by atoms with E-state index in [0.29, 0.717) is 23.4 Å². The van der Waals surface area contributed by atoms with Crippen LogP contribution in [0.15, 0.2) is 108 Å². The lowest BCUT2D eigenvalue weighted by atomic mass is 10.0. The van der Waals surface area contributed by atoms with Gasteiger partial charge in [0.2, 0.25) is 11.8 Å². The third-order valence-corrected chi connectivity index (χ3v) is 9.37. The van der Waals surface area contributed by atoms with Gasteiger partial charge in [0.1, 0.15) is 18.4 Å². The molecule has 0 spiro atoms. The largest absolute Gasteiger partial charge is 0.354 e. The zero-order chi connectivity index (χ0) is 32.4. The minimum Gasteiger partial charge on any atom is -0.354 e. The number of aryl methyl sites for hydroxylation is 2. The molecule has 9 heteroatoms. The Morgan fingerprint density at radius 3 is 2.11 bits per heavy atom. The lowest BCUT2D eigenvalue weighted by Crippen LogP contribution is -2.53. The number of amides is 2. The highest BCUT2D eigenvalue weighted by Crippen LogP contribution is 2.28. The Hall–Kier alpha value is -4.50. The van der Waals surface area contributed by atoms with Crippen molar-refractivity contribution in [3.8, 4) is 0 Å². The summed E-state index contributed by atoms with van der Waals surface area (Å²) in [5.41, 5.74) is 3.45. The molecule has 4 aromatic rings. The summed E-state index contributed by atoms with van der Waals surface area (Å²) in [5, 5.41) is 2.97. The van der Waals surface area contributed by atoms with Gasteiger partial charge in [-0.05, 0) is 67.3 Å². The first-order chi connectivity index (χ1) is 21.6. The van der Waals surface area contributed by atoms with Crippen molar-refractivity contribution >= 4 is 27.5 Å². The van der Waals surface area contributed by atoms with Crippen molar-refractivity contribution in [3.05, 3.63) is 131 Å². The second kappa shape index (κ2) is 15.5. The molecule has 1 N–H and O–H groups in total. The number of carbonyl (C=O) groups excluding carboxylic acids is 2. The third kappa shape index (κ3) is 8.79. The fourth-order valence-corrected chi connectivity index (χ4v) is 6.66. The molecule has 0 aliphatic carbocycles. The van der Waals surface area contributed by atoms with Gasteiger partial charge in [-0.15, -0.1) is 0 Å². The van der Waals surface area contributed by atoms with Crippen LogP contribution in [0.1, 0.15) is 42.0 Å². The topological polar surface area (TPSA) is 86.8 Å². The number of anilines is 1. The Bertz CT molecular complexity index is 1680. The van der Waals surface area contributed by atoms with Gasteiger partial charge in [-0.3, -0.25) is 13.9 Å². The van der Waals surface area contributed by atoms with Gasteiger partial charge in [-0.1, -0.05) is 91.7 Å². The molecule has 7 nitrogen and oxygen atoms in total. The maximum atomic E-state index is 14.5. The number of benzene rings is 4. The van der Waals surface area contributed by atoms with Gasteiger partial charge in [0.15, 0.2) is 0 Å². The predicted molar refractivity (Wildman–Crippen MR) is 176 cm³/mol. The van der Waals surface area contributed by atoms with Crippen LogP contribution in [0.25, 0.3) is 0 Å². The molecule has 0 heterocycles.